The normalized spacial score (nSPS) is 12.6. The maximum atomic E-state index is 6.02. The van der Waals surface area contributed by atoms with Crippen molar-refractivity contribution < 1.29 is 0 Å². The molecule has 0 spiro atoms. The number of nitrogens with one attached hydrogen (secondary N) is 1. The van der Waals surface area contributed by atoms with Crippen LogP contribution in [0, 0.1) is 0 Å². The summed E-state index contributed by atoms with van der Waals surface area (Å²) in [6, 6.07) is 1.81. The molecule has 0 saturated carbocycles. The molecule has 2 rings (SSSR count). The zero-order valence-corrected chi connectivity index (χ0v) is 11.9. The number of nitrogens with two attached hydrogens (primary N) is 1. The van der Waals surface area contributed by atoms with E-state index in [2.05, 4.69) is 22.3 Å². The van der Waals surface area contributed by atoms with Crippen LogP contribution >= 0.6 is 11.6 Å². The summed E-state index contributed by atoms with van der Waals surface area (Å²) in [6.07, 6.45) is 6.38. The number of aromatic nitrogens is 3. The van der Waals surface area contributed by atoms with E-state index in [-0.39, 0.29) is 6.04 Å². The van der Waals surface area contributed by atoms with E-state index in [0.29, 0.717) is 10.8 Å². The number of hydrogen-bond donors (Lipinski definition) is 2. The molecule has 6 heteroatoms. The maximum Gasteiger partial charge on any atom is 0.128 e. The Hall–Kier alpha value is -1.59. The number of nitrogens with zero attached hydrogens (tertiary/aromatic N) is 3. The van der Waals surface area contributed by atoms with Crippen LogP contribution in [0.1, 0.15) is 30.5 Å². The molecule has 1 unspecified atom stereocenters. The molecule has 0 aliphatic carbocycles. The monoisotopic (exact) mass is 279 g/mol. The van der Waals surface area contributed by atoms with Gasteiger partial charge in [0.2, 0.25) is 0 Å². The third-order valence-electron chi connectivity index (χ3n) is 2.88. The van der Waals surface area contributed by atoms with Crippen LogP contribution in [0.3, 0.4) is 0 Å². The first-order valence-electron chi connectivity index (χ1n) is 6.24. The molecular formula is C13H18ClN5. The van der Waals surface area contributed by atoms with Crippen LogP contribution in [-0.4, -0.2) is 21.3 Å². The molecule has 0 aliphatic rings. The highest BCUT2D eigenvalue weighted by atomic mass is 35.5. The standard InChI is InChI=1S/C13H18ClN5/c1-3-4-16-12(9-6-18-19(2)8-9)11-5-10(14)7-17-13(11)15/h5-8,12,16H,3-4H2,1-2H3,(H2,15,17). The average Bonchev–Trinajstić information content (AvgIpc) is 2.80. The van der Waals surface area contributed by atoms with Gasteiger partial charge in [-0.15, -0.1) is 0 Å². The molecule has 2 heterocycles. The van der Waals surface area contributed by atoms with Crippen molar-refractivity contribution in [2.75, 3.05) is 12.3 Å². The van der Waals surface area contributed by atoms with Gasteiger partial charge in [0.15, 0.2) is 0 Å². The summed E-state index contributed by atoms with van der Waals surface area (Å²) in [4.78, 5) is 4.12. The Bertz CT molecular complexity index is 552. The molecule has 3 N–H and O–H groups in total. The molecule has 19 heavy (non-hydrogen) atoms. The molecule has 102 valence electrons. The smallest absolute Gasteiger partial charge is 0.128 e. The third kappa shape index (κ3) is 3.24. The van der Waals surface area contributed by atoms with Gasteiger partial charge in [-0.05, 0) is 19.0 Å². The molecule has 0 bridgehead atoms. The van der Waals surface area contributed by atoms with E-state index in [4.69, 9.17) is 17.3 Å². The lowest BCUT2D eigenvalue weighted by Crippen LogP contribution is -2.24. The van der Waals surface area contributed by atoms with Crippen molar-refractivity contribution in [1.29, 1.82) is 0 Å². The van der Waals surface area contributed by atoms with Gasteiger partial charge >= 0.3 is 0 Å². The van der Waals surface area contributed by atoms with Crippen molar-refractivity contribution in [2.45, 2.75) is 19.4 Å². The SMILES string of the molecule is CCCNC(c1cnn(C)c1)c1cc(Cl)cnc1N. The predicted molar refractivity (Wildman–Crippen MR) is 77.0 cm³/mol. The lowest BCUT2D eigenvalue weighted by molar-refractivity contribution is 0.598. The maximum absolute atomic E-state index is 6.02. The Morgan fingerprint density at radius 1 is 1.47 bits per heavy atom. The highest BCUT2D eigenvalue weighted by Gasteiger charge is 2.18. The van der Waals surface area contributed by atoms with E-state index in [1.54, 1.807) is 10.9 Å². The van der Waals surface area contributed by atoms with Crippen LogP contribution in [0.4, 0.5) is 5.82 Å². The molecule has 0 radical (unpaired) electrons. The fourth-order valence-corrected chi connectivity index (χ4v) is 2.15. The van der Waals surface area contributed by atoms with Gasteiger partial charge in [-0.2, -0.15) is 5.10 Å². The molecule has 0 aromatic carbocycles. The second-order valence-corrected chi connectivity index (χ2v) is 4.90. The van der Waals surface area contributed by atoms with Crippen molar-refractivity contribution in [1.82, 2.24) is 20.1 Å². The zero-order valence-electron chi connectivity index (χ0n) is 11.1. The Morgan fingerprint density at radius 2 is 2.26 bits per heavy atom. The van der Waals surface area contributed by atoms with Crippen molar-refractivity contribution in [3.63, 3.8) is 0 Å². The molecular weight excluding hydrogens is 262 g/mol. The van der Waals surface area contributed by atoms with Gasteiger partial charge in [0.05, 0.1) is 17.3 Å². The molecule has 5 nitrogen and oxygen atoms in total. The summed E-state index contributed by atoms with van der Waals surface area (Å²) in [5.74, 6) is 0.488. The summed E-state index contributed by atoms with van der Waals surface area (Å²) in [5.41, 5.74) is 7.90. The van der Waals surface area contributed by atoms with Gasteiger partial charge in [0, 0.05) is 30.6 Å². The lowest BCUT2D eigenvalue weighted by Gasteiger charge is -2.19. The summed E-state index contributed by atoms with van der Waals surface area (Å²) in [6.45, 7) is 3.00. The van der Waals surface area contributed by atoms with Gasteiger partial charge in [-0.25, -0.2) is 4.98 Å². The second-order valence-electron chi connectivity index (χ2n) is 4.46. The zero-order chi connectivity index (χ0) is 13.8. The summed E-state index contributed by atoms with van der Waals surface area (Å²) < 4.78 is 1.77. The number of pyridine rings is 1. The average molecular weight is 280 g/mol. The minimum Gasteiger partial charge on any atom is -0.383 e. The highest BCUT2D eigenvalue weighted by Crippen LogP contribution is 2.27. The number of nitrogen functional groups attached to an aromatic ring is 1. The minimum absolute atomic E-state index is 0.0418. The van der Waals surface area contributed by atoms with E-state index >= 15 is 0 Å². The van der Waals surface area contributed by atoms with Crippen LogP contribution in [-0.2, 0) is 7.05 Å². The van der Waals surface area contributed by atoms with Crippen LogP contribution in [0.15, 0.2) is 24.7 Å². The second kappa shape index (κ2) is 6.04. The fourth-order valence-electron chi connectivity index (χ4n) is 1.98. The Labute approximate surface area is 117 Å². The van der Waals surface area contributed by atoms with Gasteiger partial charge in [0.25, 0.3) is 0 Å². The molecule has 0 amide bonds. The molecule has 2 aromatic heterocycles. The lowest BCUT2D eigenvalue weighted by atomic mass is 10.0. The van der Waals surface area contributed by atoms with Crippen LogP contribution in [0.2, 0.25) is 5.02 Å². The largest absolute Gasteiger partial charge is 0.383 e. The predicted octanol–water partition coefficient (Wildman–Crippen LogP) is 2.14. The van der Waals surface area contributed by atoms with E-state index in [1.807, 2.05) is 25.5 Å². The molecule has 0 fully saturated rings. The third-order valence-corrected chi connectivity index (χ3v) is 3.09. The molecule has 2 aromatic rings. The molecule has 1 atom stereocenters. The highest BCUT2D eigenvalue weighted by molar-refractivity contribution is 6.30. The molecule has 0 aliphatic heterocycles. The van der Waals surface area contributed by atoms with Gasteiger partial charge in [-0.3, -0.25) is 4.68 Å². The topological polar surface area (TPSA) is 68.8 Å². The number of anilines is 1. The van der Waals surface area contributed by atoms with Crippen LogP contribution in [0.25, 0.3) is 0 Å². The number of rotatable bonds is 5. The van der Waals surface area contributed by atoms with Crippen molar-refractivity contribution in [2.24, 2.45) is 7.05 Å². The quantitative estimate of drug-likeness (QED) is 0.880. The van der Waals surface area contributed by atoms with Gasteiger partial charge in [-0.1, -0.05) is 18.5 Å². The van der Waals surface area contributed by atoms with Crippen molar-refractivity contribution in [3.05, 3.63) is 40.8 Å². The number of aryl methyl sites for hydroxylation is 1. The Morgan fingerprint density at radius 3 is 2.89 bits per heavy atom. The van der Waals surface area contributed by atoms with E-state index < -0.39 is 0 Å². The van der Waals surface area contributed by atoms with E-state index in [0.717, 1.165) is 24.1 Å². The van der Waals surface area contributed by atoms with Gasteiger partial charge < -0.3 is 11.1 Å². The van der Waals surface area contributed by atoms with E-state index in [1.165, 1.54) is 0 Å². The first-order chi connectivity index (χ1) is 9.11. The van der Waals surface area contributed by atoms with Crippen molar-refractivity contribution >= 4 is 17.4 Å². The molecule has 0 saturated heterocycles. The summed E-state index contributed by atoms with van der Waals surface area (Å²) in [5, 5.41) is 8.24. The number of halogens is 1. The van der Waals surface area contributed by atoms with Crippen LogP contribution < -0.4 is 11.1 Å². The fraction of sp³-hybridized carbons (Fsp3) is 0.385. The Kier molecular flexibility index (Phi) is 4.39. The number of hydrogen-bond acceptors (Lipinski definition) is 4. The Balaban J connectivity index is 2.39. The first-order valence-corrected chi connectivity index (χ1v) is 6.62. The van der Waals surface area contributed by atoms with E-state index in [9.17, 15) is 0 Å². The summed E-state index contributed by atoms with van der Waals surface area (Å²) >= 11 is 6.02. The first kappa shape index (κ1) is 13.8. The van der Waals surface area contributed by atoms with Crippen LogP contribution in [0.5, 0.6) is 0 Å². The van der Waals surface area contributed by atoms with Crippen molar-refractivity contribution in [3.8, 4) is 0 Å². The van der Waals surface area contributed by atoms with Gasteiger partial charge in [0.1, 0.15) is 5.82 Å². The summed E-state index contributed by atoms with van der Waals surface area (Å²) in [7, 11) is 1.89. The minimum atomic E-state index is -0.0418.